The molecule has 0 radical (unpaired) electrons. The monoisotopic (exact) mass is 837 g/mol. The highest BCUT2D eigenvalue weighted by Gasteiger charge is 2.25. The summed E-state index contributed by atoms with van der Waals surface area (Å²) in [4.78, 5) is 55.9. The molecule has 5 atom stereocenters. The summed E-state index contributed by atoms with van der Waals surface area (Å²) in [6.07, 6.45) is 26.8. The molecule has 1 aliphatic carbocycles. The topological polar surface area (TPSA) is 210 Å². The van der Waals surface area contributed by atoms with Gasteiger partial charge in [-0.1, -0.05) is 96.8 Å². The van der Waals surface area contributed by atoms with Gasteiger partial charge in [-0.25, -0.2) is 10.2 Å². The quantitative estimate of drug-likeness (QED) is 0.0132. The maximum atomic E-state index is 12.1. The van der Waals surface area contributed by atoms with Gasteiger partial charge in [0.1, 0.15) is 12.6 Å². The van der Waals surface area contributed by atoms with Crippen molar-refractivity contribution in [3.05, 3.63) is 0 Å². The Morgan fingerprint density at radius 2 is 1.24 bits per heavy atom. The van der Waals surface area contributed by atoms with Gasteiger partial charge in [0.25, 0.3) is 0 Å². The summed E-state index contributed by atoms with van der Waals surface area (Å²) >= 11 is 9.79. The molecule has 324 valence electrons. The number of nitrogens with one attached hydrogen (secondary N) is 6. The Hall–Kier alpha value is -1.56. The molecular weight excluding hydrogens is 757 g/mol. The Bertz CT molecular complexity index is 955. The fraction of sp³-hybridized carbons (Fsp3) is 0.872. The lowest BCUT2D eigenvalue weighted by molar-refractivity contribution is -0.122. The van der Waals surface area contributed by atoms with Crippen LogP contribution in [0, 0.1) is 0 Å². The van der Waals surface area contributed by atoms with Crippen LogP contribution in [0.3, 0.4) is 0 Å². The summed E-state index contributed by atoms with van der Waals surface area (Å²) in [6.45, 7) is 5.30. The number of unbranched alkanes of at least 4 members (excludes halogenated alkanes) is 14. The summed E-state index contributed by atoms with van der Waals surface area (Å²) in [7, 11) is 3.40. The third-order valence-corrected chi connectivity index (χ3v) is 11.3. The van der Waals surface area contributed by atoms with Crippen LogP contribution in [0.2, 0.25) is 0 Å². The molecule has 13 nitrogen and oxygen atoms in total. The van der Waals surface area contributed by atoms with Crippen molar-refractivity contribution in [2.75, 3.05) is 27.2 Å². The predicted octanol–water partition coefficient (Wildman–Crippen LogP) is 5.51. The highest BCUT2D eigenvalue weighted by molar-refractivity contribution is 7.98. The summed E-state index contributed by atoms with van der Waals surface area (Å²) in [5, 5.41) is 8.28. The van der Waals surface area contributed by atoms with Crippen molar-refractivity contribution in [1.29, 1.82) is 0 Å². The zero-order valence-corrected chi connectivity index (χ0v) is 37.2. The number of aldehydes is 2. The second-order valence-corrected chi connectivity index (χ2v) is 16.5. The smallest absolute Gasteiger partial charge is 0.329 e. The fourth-order valence-electron chi connectivity index (χ4n) is 5.37. The number of thiol groups is 2. The second kappa shape index (κ2) is 40.6. The molecule has 0 saturated heterocycles. The number of amides is 4. The lowest BCUT2D eigenvalue weighted by Gasteiger charge is -2.21. The predicted molar refractivity (Wildman–Crippen MR) is 238 cm³/mol. The number of hydrogen-bond donors (Lipinski definition) is 10. The minimum atomic E-state index is -0.479. The van der Waals surface area contributed by atoms with Crippen LogP contribution in [0.25, 0.3) is 0 Å². The third kappa shape index (κ3) is 36.5. The molecule has 55 heavy (non-hydrogen) atoms. The number of carbonyl (C=O) groups excluding carboxylic acids is 5. The maximum Gasteiger partial charge on any atom is 0.329 e. The van der Waals surface area contributed by atoms with Crippen LogP contribution in [-0.4, -0.2) is 91.5 Å². The summed E-state index contributed by atoms with van der Waals surface area (Å²) < 4.78 is 2.91. The van der Waals surface area contributed by atoms with E-state index < -0.39 is 10.5 Å². The van der Waals surface area contributed by atoms with E-state index >= 15 is 0 Å². The van der Waals surface area contributed by atoms with Gasteiger partial charge in [-0.05, 0) is 84.0 Å². The van der Waals surface area contributed by atoms with Crippen molar-refractivity contribution < 1.29 is 24.0 Å². The maximum absolute atomic E-state index is 12.1. The standard InChI is InChI=1S/C23H46N2O2S.C10H21N3OS.C6H13N3O2S/c1-2-3-4-5-6-7-8-9-10-11-12-13-14-18-23(27)25-21(22(28)20-26)17-15-16-19-24;1-12-9(4-2-3-7-11)10(14)13-15-8-5-6-8;1-4(5(12)3-10)8-6(11)9-7-2/h20-22,28H,2-19,24H2,1H3,(H,25,27);8-9,12H,2-7,11H2,1H3,(H,13,14);3-5,7,12H,1-2H3,(H2,8,9,11). The molecule has 1 aliphatic rings. The van der Waals surface area contributed by atoms with E-state index in [1.165, 1.54) is 83.5 Å². The number of likely N-dealkylation sites (N-methyl/N-ethyl adjacent to an activating group) is 1. The fourth-order valence-corrected chi connectivity index (χ4v) is 6.47. The zero-order valence-electron chi connectivity index (χ0n) is 34.6. The first-order valence-corrected chi connectivity index (χ1v) is 22.8. The molecule has 0 aromatic heterocycles. The van der Waals surface area contributed by atoms with Crippen LogP contribution in [0.4, 0.5) is 4.79 Å². The average Bonchev–Trinajstić information content (AvgIpc) is 4.02. The molecule has 1 fully saturated rings. The first-order valence-electron chi connectivity index (χ1n) is 20.9. The Kier molecular flexibility index (Phi) is 41.0. The number of hydrazine groups is 1. The average molecular weight is 837 g/mol. The molecule has 0 aromatic rings. The number of nitrogens with two attached hydrogens (primary N) is 2. The van der Waals surface area contributed by atoms with E-state index in [9.17, 15) is 24.0 Å². The Labute approximate surface area is 349 Å². The molecule has 1 saturated carbocycles. The van der Waals surface area contributed by atoms with Gasteiger partial charge in [-0.3, -0.25) is 19.7 Å². The van der Waals surface area contributed by atoms with Gasteiger partial charge >= 0.3 is 6.03 Å². The molecule has 1 rings (SSSR count). The van der Waals surface area contributed by atoms with Crippen LogP contribution >= 0.6 is 37.2 Å². The molecule has 4 amide bonds. The number of carbonyl (C=O) groups is 5. The summed E-state index contributed by atoms with van der Waals surface area (Å²) in [6, 6.07) is -0.922. The molecule has 0 heterocycles. The van der Waals surface area contributed by atoms with Crippen LogP contribution in [-0.2, 0) is 19.2 Å². The number of urea groups is 1. The molecule has 10 N–H and O–H groups in total. The highest BCUT2D eigenvalue weighted by atomic mass is 32.2. The summed E-state index contributed by atoms with van der Waals surface area (Å²) in [5.74, 6) is 0.146. The Morgan fingerprint density at radius 1 is 0.727 bits per heavy atom. The van der Waals surface area contributed by atoms with Gasteiger partial charge in [-0.2, -0.15) is 25.3 Å². The molecular formula is C39H80N8O5S3. The lowest BCUT2D eigenvalue weighted by atomic mass is 10.0. The zero-order chi connectivity index (χ0) is 41.5. The van der Waals surface area contributed by atoms with Crippen LogP contribution in [0.1, 0.15) is 155 Å². The molecule has 5 unspecified atom stereocenters. The van der Waals surface area contributed by atoms with Crippen molar-refractivity contribution >= 4 is 67.6 Å². The normalized spacial score (nSPS) is 14.7. The second-order valence-electron chi connectivity index (χ2n) is 14.3. The minimum Gasteiger partial charge on any atom is -0.352 e. The van der Waals surface area contributed by atoms with E-state index in [4.69, 9.17) is 11.5 Å². The van der Waals surface area contributed by atoms with Crippen LogP contribution in [0.5, 0.6) is 0 Å². The Morgan fingerprint density at radius 3 is 1.69 bits per heavy atom. The highest BCUT2D eigenvalue weighted by Crippen LogP contribution is 2.31. The van der Waals surface area contributed by atoms with Gasteiger partial charge in [-0.15, -0.1) is 0 Å². The SMILES string of the molecule is CCCCCCCCCCCCCCCC(=O)NC(CCCCN)C(S)C=O.CNC(CCCCN)C(=O)NSC1CC1.CNNC(=O)NC(C)C(S)C=O. The van der Waals surface area contributed by atoms with Crippen molar-refractivity contribution in [2.24, 2.45) is 11.5 Å². The van der Waals surface area contributed by atoms with Gasteiger partial charge < -0.3 is 37.0 Å². The third-order valence-electron chi connectivity index (χ3n) is 9.09. The minimum absolute atomic E-state index is 0.0433. The van der Waals surface area contributed by atoms with Gasteiger partial charge in [0.05, 0.1) is 16.5 Å². The van der Waals surface area contributed by atoms with Crippen molar-refractivity contribution in [3.63, 3.8) is 0 Å². The lowest BCUT2D eigenvalue weighted by Crippen LogP contribution is -2.48. The van der Waals surface area contributed by atoms with Gasteiger partial charge in [0.15, 0.2) is 0 Å². The van der Waals surface area contributed by atoms with Crippen molar-refractivity contribution in [3.8, 4) is 0 Å². The molecule has 0 aliphatic heterocycles. The van der Waals surface area contributed by atoms with E-state index in [0.29, 0.717) is 31.0 Å². The van der Waals surface area contributed by atoms with Crippen molar-refractivity contribution in [2.45, 2.75) is 189 Å². The van der Waals surface area contributed by atoms with Gasteiger partial charge in [0.2, 0.25) is 11.8 Å². The Balaban J connectivity index is 0. The molecule has 0 bridgehead atoms. The van der Waals surface area contributed by atoms with E-state index in [1.54, 1.807) is 25.9 Å². The van der Waals surface area contributed by atoms with Crippen molar-refractivity contribution in [1.82, 2.24) is 31.5 Å². The molecule has 0 aromatic carbocycles. The van der Waals surface area contributed by atoms with E-state index in [1.807, 2.05) is 7.05 Å². The number of rotatable bonds is 33. The number of hydrogen-bond acceptors (Lipinski definition) is 12. The molecule has 0 spiro atoms. The van der Waals surface area contributed by atoms with Crippen LogP contribution in [0.15, 0.2) is 0 Å². The first kappa shape index (κ1) is 55.5. The first-order chi connectivity index (χ1) is 26.5. The van der Waals surface area contributed by atoms with Gasteiger partial charge in [0, 0.05) is 30.8 Å². The van der Waals surface area contributed by atoms with E-state index in [-0.39, 0.29) is 36.0 Å². The molecule has 16 heteroatoms. The summed E-state index contributed by atoms with van der Waals surface area (Å²) in [5.41, 5.74) is 15.7. The van der Waals surface area contributed by atoms with Crippen LogP contribution < -0.4 is 43.0 Å². The van der Waals surface area contributed by atoms with E-state index in [0.717, 1.165) is 57.7 Å². The largest absolute Gasteiger partial charge is 0.352 e. The van der Waals surface area contributed by atoms with E-state index in [2.05, 4.69) is 63.7 Å².